The molecule has 18 heavy (non-hydrogen) atoms. The summed E-state index contributed by atoms with van der Waals surface area (Å²) in [4.78, 5) is 5.85. The second-order valence-corrected chi connectivity index (χ2v) is 7.64. The zero-order chi connectivity index (χ0) is 14.6. The van der Waals surface area contributed by atoms with Gasteiger partial charge in [0.2, 0.25) is 0 Å². The van der Waals surface area contributed by atoms with E-state index in [1.807, 2.05) is 32.6 Å². The van der Waals surface area contributed by atoms with E-state index in [9.17, 15) is 0 Å². The second-order valence-electron chi connectivity index (χ2n) is 4.06. The highest BCUT2D eigenvalue weighted by Gasteiger charge is 2.27. The number of nitrogens with zero attached hydrogens (tertiary/aromatic N) is 2. The van der Waals surface area contributed by atoms with Gasteiger partial charge in [-0.3, -0.25) is 4.99 Å². The Morgan fingerprint density at radius 2 is 1.83 bits per heavy atom. The van der Waals surface area contributed by atoms with Gasteiger partial charge in [0.15, 0.2) is 5.96 Å². The lowest BCUT2D eigenvalue weighted by molar-refractivity contribution is 0.238. The van der Waals surface area contributed by atoms with Gasteiger partial charge in [-0.2, -0.15) is 0 Å². The van der Waals surface area contributed by atoms with E-state index >= 15 is 0 Å². The van der Waals surface area contributed by atoms with Crippen LogP contribution < -0.4 is 5.32 Å². The standard InChI is InChI=1S/C6H16O3Si.C5H13N3/c1-8-10(3,9-2)6-4-5-7;1-6-5(7-2)8(3)4/h7H,4-6H2,1-3H3;1-4H3,(H,6,7). The van der Waals surface area contributed by atoms with Gasteiger partial charge in [-0.05, 0) is 19.0 Å². The fourth-order valence-electron chi connectivity index (χ4n) is 1.22. The minimum Gasteiger partial charge on any atom is -0.398 e. The molecule has 0 rings (SSSR count). The summed E-state index contributed by atoms with van der Waals surface area (Å²) in [5, 5.41) is 11.5. The lowest BCUT2D eigenvalue weighted by atomic mass is 10.5. The summed E-state index contributed by atoms with van der Waals surface area (Å²) >= 11 is 0. The van der Waals surface area contributed by atoms with E-state index in [1.54, 1.807) is 21.3 Å². The fraction of sp³-hybridized carbons (Fsp3) is 0.909. The van der Waals surface area contributed by atoms with Gasteiger partial charge in [-0.25, -0.2) is 0 Å². The Morgan fingerprint density at radius 1 is 1.33 bits per heavy atom. The smallest absolute Gasteiger partial charge is 0.334 e. The van der Waals surface area contributed by atoms with Crippen LogP contribution in [0, 0.1) is 0 Å². The molecule has 0 spiro atoms. The first-order valence-electron chi connectivity index (χ1n) is 5.93. The number of nitrogens with one attached hydrogen (secondary N) is 1. The van der Waals surface area contributed by atoms with E-state index < -0.39 is 8.56 Å². The highest BCUT2D eigenvalue weighted by Crippen LogP contribution is 2.12. The van der Waals surface area contributed by atoms with Crippen molar-refractivity contribution in [3.8, 4) is 0 Å². The summed E-state index contributed by atoms with van der Waals surface area (Å²) in [5.41, 5.74) is 0. The van der Waals surface area contributed by atoms with E-state index in [4.69, 9.17) is 14.0 Å². The number of guanidine groups is 1. The van der Waals surface area contributed by atoms with Gasteiger partial charge in [0.05, 0.1) is 0 Å². The third-order valence-electron chi connectivity index (χ3n) is 2.51. The zero-order valence-electron chi connectivity index (χ0n) is 12.8. The van der Waals surface area contributed by atoms with Gasteiger partial charge in [0.25, 0.3) is 0 Å². The lowest BCUT2D eigenvalue weighted by Gasteiger charge is -2.21. The van der Waals surface area contributed by atoms with E-state index in [0.717, 1.165) is 18.4 Å². The first-order valence-corrected chi connectivity index (χ1v) is 8.46. The largest absolute Gasteiger partial charge is 0.398 e. The molecule has 0 fully saturated rings. The van der Waals surface area contributed by atoms with E-state index in [1.165, 1.54) is 0 Å². The Hall–Kier alpha value is -0.633. The third-order valence-corrected chi connectivity index (χ3v) is 5.50. The molecule has 0 aliphatic carbocycles. The normalized spacial score (nSPS) is 11.7. The van der Waals surface area contributed by atoms with Gasteiger partial charge >= 0.3 is 8.56 Å². The van der Waals surface area contributed by atoms with Crippen molar-refractivity contribution in [1.82, 2.24) is 10.2 Å². The van der Waals surface area contributed by atoms with E-state index in [2.05, 4.69) is 10.3 Å². The summed E-state index contributed by atoms with van der Waals surface area (Å²) in [6.45, 7) is 2.21. The molecule has 0 saturated carbocycles. The van der Waals surface area contributed by atoms with Crippen LogP contribution in [0.1, 0.15) is 6.42 Å². The molecule has 7 heteroatoms. The van der Waals surface area contributed by atoms with Crippen LogP contribution in [0.15, 0.2) is 4.99 Å². The summed E-state index contributed by atoms with van der Waals surface area (Å²) in [6.07, 6.45) is 0.768. The molecular formula is C11H29N3O3Si. The number of rotatable bonds is 5. The van der Waals surface area contributed by atoms with Crippen molar-refractivity contribution >= 4 is 14.5 Å². The molecule has 0 aromatic heterocycles. The number of aliphatic imine (C=N–C) groups is 1. The molecule has 0 aromatic carbocycles. The van der Waals surface area contributed by atoms with Crippen molar-refractivity contribution in [3.05, 3.63) is 0 Å². The summed E-state index contributed by atoms with van der Waals surface area (Å²) < 4.78 is 10.4. The molecule has 0 heterocycles. The second kappa shape index (κ2) is 11.5. The molecular weight excluding hydrogens is 250 g/mol. The number of hydrogen-bond donors (Lipinski definition) is 2. The molecule has 2 N–H and O–H groups in total. The van der Waals surface area contributed by atoms with Gasteiger partial charge in [-0.1, -0.05) is 0 Å². The first kappa shape index (κ1) is 19.7. The molecule has 110 valence electrons. The van der Waals surface area contributed by atoms with Crippen LogP contribution >= 0.6 is 0 Å². The average molecular weight is 279 g/mol. The average Bonchev–Trinajstić information content (AvgIpc) is 2.38. The minimum absolute atomic E-state index is 0.218. The lowest BCUT2D eigenvalue weighted by Crippen LogP contribution is -2.35. The van der Waals surface area contributed by atoms with Gasteiger partial charge in [0.1, 0.15) is 0 Å². The summed E-state index contributed by atoms with van der Waals surface area (Å²) in [7, 11) is 8.93. The van der Waals surface area contributed by atoms with Crippen LogP contribution in [0.4, 0.5) is 0 Å². The highest BCUT2D eigenvalue weighted by atomic mass is 28.4. The predicted octanol–water partition coefficient (Wildman–Crippen LogP) is 0.487. The van der Waals surface area contributed by atoms with Gasteiger partial charge in [0, 0.05) is 49.0 Å². The first-order chi connectivity index (χ1) is 8.40. The monoisotopic (exact) mass is 279 g/mol. The van der Waals surface area contributed by atoms with Crippen LogP contribution in [-0.4, -0.2) is 73.5 Å². The summed E-state index contributed by atoms with van der Waals surface area (Å²) in [6, 6.07) is 0.858. The van der Waals surface area contributed by atoms with Crippen molar-refractivity contribution in [2.24, 2.45) is 4.99 Å². The quantitative estimate of drug-likeness (QED) is 0.435. The van der Waals surface area contributed by atoms with Crippen molar-refractivity contribution in [2.45, 2.75) is 19.0 Å². The minimum atomic E-state index is -1.88. The molecule has 0 radical (unpaired) electrons. The van der Waals surface area contributed by atoms with Crippen molar-refractivity contribution in [3.63, 3.8) is 0 Å². The Morgan fingerprint density at radius 3 is 2.00 bits per heavy atom. The zero-order valence-corrected chi connectivity index (χ0v) is 13.8. The molecule has 0 aromatic rings. The molecule has 0 atom stereocenters. The van der Waals surface area contributed by atoms with E-state index in [-0.39, 0.29) is 6.61 Å². The predicted molar refractivity (Wildman–Crippen MR) is 78.3 cm³/mol. The van der Waals surface area contributed by atoms with Crippen LogP contribution in [-0.2, 0) is 8.85 Å². The van der Waals surface area contributed by atoms with Crippen LogP contribution in [0.25, 0.3) is 0 Å². The topological polar surface area (TPSA) is 66.3 Å². The maximum atomic E-state index is 8.53. The van der Waals surface area contributed by atoms with Crippen LogP contribution in [0.2, 0.25) is 12.6 Å². The van der Waals surface area contributed by atoms with E-state index in [0.29, 0.717) is 0 Å². The van der Waals surface area contributed by atoms with Crippen molar-refractivity contribution < 1.29 is 14.0 Å². The van der Waals surface area contributed by atoms with Gasteiger partial charge < -0.3 is 24.2 Å². The Kier molecular flexibility index (Phi) is 12.5. The molecule has 0 aliphatic rings. The molecule has 0 unspecified atom stereocenters. The Bertz CT molecular complexity index is 222. The fourth-order valence-corrected chi connectivity index (χ4v) is 2.60. The Labute approximate surface area is 112 Å². The van der Waals surface area contributed by atoms with Crippen LogP contribution in [0.5, 0.6) is 0 Å². The third kappa shape index (κ3) is 9.40. The number of aliphatic hydroxyl groups is 1. The van der Waals surface area contributed by atoms with Crippen molar-refractivity contribution in [2.75, 3.05) is 49.0 Å². The number of hydrogen-bond acceptors (Lipinski definition) is 4. The molecule has 0 saturated heterocycles. The molecule has 0 aliphatic heterocycles. The summed E-state index contributed by atoms with van der Waals surface area (Å²) in [5.74, 6) is 0.894. The maximum Gasteiger partial charge on any atom is 0.334 e. The SMILES string of the molecule is CN=C(NC)N(C)C.CO[Si](C)(CCCO)OC. The van der Waals surface area contributed by atoms with Crippen molar-refractivity contribution in [1.29, 1.82) is 0 Å². The maximum absolute atomic E-state index is 8.53. The number of aliphatic hydroxyl groups excluding tert-OH is 1. The molecule has 0 amide bonds. The Balaban J connectivity index is 0. The molecule has 6 nitrogen and oxygen atoms in total. The molecule has 0 bridgehead atoms. The highest BCUT2D eigenvalue weighted by molar-refractivity contribution is 6.65. The van der Waals surface area contributed by atoms with Gasteiger partial charge in [-0.15, -0.1) is 0 Å². The van der Waals surface area contributed by atoms with Crippen LogP contribution in [0.3, 0.4) is 0 Å².